The maximum Gasteiger partial charge on any atom is 0.472 e. The van der Waals surface area contributed by atoms with E-state index in [1.165, 1.54) is 64.2 Å². The number of nitrogens with zero attached hydrogens (tertiary/aromatic N) is 1. The van der Waals surface area contributed by atoms with Crippen LogP contribution in [0.5, 0.6) is 0 Å². The highest BCUT2D eigenvalue weighted by molar-refractivity contribution is 7.47. The average Bonchev–Trinajstić information content (AvgIpc) is 3.37. The van der Waals surface area contributed by atoms with Gasteiger partial charge in [-0.3, -0.25) is 13.8 Å². The lowest BCUT2D eigenvalue weighted by molar-refractivity contribution is -0.870. The van der Waals surface area contributed by atoms with Crippen LogP contribution in [0, 0.1) is 0 Å². The Morgan fingerprint density at radius 3 is 1.23 bits per heavy atom. The molecule has 9 heteroatoms. The second kappa shape index (κ2) is 54.9. The first-order valence-corrected chi connectivity index (χ1v) is 30.9. The van der Waals surface area contributed by atoms with E-state index in [2.05, 4.69) is 165 Å². The number of unbranched alkanes of at least 4 members (excludes halogenated alkanes) is 14. The van der Waals surface area contributed by atoms with Crippen LogP contribution in [0.2, 0.25) is 0 Å². The highest BCUT2D eigenvalue weighted by atomic mass is 31.2. The predicted octanol–water partition coefficient (Wildman–Crippen LogP) is 18.3. The van der Waals surface area contributed by atoms with Crippen LogP contribution >= 0.6 is 7.82 Å². The Morgan fingerprint density at radius 1 is 0.467 bits per heavy atom. The molecule has 0 aromatic rings. The van der Waals surface area contributed by atoms with Crippen molar-refractivity contribution in [3.8, 4) is 0 Å². The number of likely N-dealkylation sites (N-methyl/N-ethyl adjacent to an activating group) is 1. The van der Waals surface area contributed by atoms with E-state index in [-0.39, 0.29) is 19.1 Å². The van der Waals surface area contributed by atoms with E-state index in [9.17, 15) is 19.4 Å². The summed E-state index contributed by atoms with van der Waals surface area (Å²) in [5.41, 5.74) is 0. The molecule has 3 unspecified atom stereocenters. The van der Waals surface area contributed by atoms with Gasteiger partial charge in [0.2, 0.25) is 5.91 Å². The first-order valence-electron chi connectivity index (χ1n) is 29.4. The van der Waals surface area contributed by atoms with Gasteiger partial charge >= 0.3 is 7.82 Å². The lowest BCUT2D eigenvalue weighted by Crippen LogP contribution is -2.45. The third kappa shape index (κ3) is 57.7. The molecule has 3 N–H and O–H groups in total. The molecule has 0 aliphatic carbocycles. The fraction of sp³-hybridized carbons (Fsp3) is 0.591. The van der Waals surface area contributed by atoms with Gasteiger partial charge in [-0.15, -0.1) is 0 Å². The van der Waals surface area contributed by atoms with Crippen LogP contribution in [0.4, 0.5) is 0 Å². The highest BCUT2D eigenvalue weighted by Gasteiger charge is 2.27. The topological polar surface area (TPSA) is 105 Å². The lowest BCUT2D eigenvalue weighted by atomic mass is 10.1. The maximum atomic E-state index is 13.0. The van der Waals surface area contributed by atoms with Gasteiger partial charge in [0.15, 0.2) is 0 Å². The molecule has 0 radical (unpaired) electrons. The minimum atomic E-state index is -4.38. The maximum absolute atomic E-state index is 13.0. The Hall–Kier alpha value is -3.88. The monoisotopic (exact) mass is 1060 g/mol. The molecule has 0 spiro atoms. The quantitative estimate of drug-likeness (QED) is 0.0243. The number of phosphoric acid groups is 1. The number of hydrogen-bond acceptors (Lipinski definition) is 5. The van der Waals surface area contributed by atoms with Crippen LogP contribution in [0.25, 0.3) is 0 Å². The number of hydrogen-bond donors (Lipinski definition) is 3. The van der Waals surface area contributed by atoms with Crippen LogP contribution in [0.3, 0.4) is 0 Å². The molecule has 0 aromatic carbocycles. The van der Waals surface area contributed by atoms with Crippen LogP contribution in [-0.4, -0.2) is 73.4 Å². The number of nitrogens with one attached hydrogen (secondary N) is 1. The largest absolute Gasteiger partial charge is 0.472 e. The molecule has 0 saturated carbocycles. The van der Waals surface area contributed by atoms with Crippen LogP contribution in [-0.2, 0) is 18.4 Å². The summed E-state index contributed by atoms with van der Waals surface area (Å²) in [6.07, 6.45) is 86.4. The summed E-state index contributed by atoms with van der Waals surface area (Å²) in [6, 6.07) is -0.893. The van der Waals surface area contributed by atoms with Gasteiger partial charge in [-0.05, 0) is 116 Å². The van der Waals surface area contributed by atoms with Crippen molar-refractivity contribution in [1.29, 1.82) is 0 Å². The SMILES string of the molecule is CC/C=C\C/C=C\C/C=C\C/C=C\C/C=C\C/C=C\C/C=C\C/C=C\C/C=C\C/C=C\C/C=C\CCCCCC(=O)NC(COP(=O)(O)OCC[N+](C)(C)C)C(O)/C=C/CC/C=C/CCCCCCCCCCCC. The third-order valence-electron chi connectivity index (χ3n) is 12.0. The van der Waals surface area contributed by atoms with Gasteiger partial charge in [0, 0.05) is 6.42 Å². The number of quaternary nitrogens is 1. The molecule has 0 fully saturated rings. The van der Waals surface area contributed by atoms with Crippen molar-refractivity contribution in [2.24, 2.45) is 0 Å². The van der Waals surface area contributed by atoms with E-state index in [4.69, 9.17) is 9.05 Å². The average molecular weight is 1060 g/mol. The van der Waals surface area contributed by atoms with Crippen molar-refractivity contribution in [3.05, 3.63) is 158 Å². The third-order valence-corrected chi connectivity index (χ3v) is 13.0. The molecular formula is C66H110N2O6P+. The summed E-state index contributed by atoms with van der Waals surface area (Å²) in [7, 11) is 1.51. The second-order valence-corrected chi connectivity index (χ2v) is 21.7. The van der Waals surface area contributed by atoms with Gasteiger partial charge in [0.05, 0.1) is 39.9 Å². The summed E-state index contributed by atoms with van der Waals surface area (Å²) in [5.74, 6) is -0.226. The van der Waals surface area contributed by atoms with Crippen molar-refractivity contribution in [3.63, 3.8) is 0 Å². The molecule has 8 nitrogen and oxygen atoms in total. The lowest BCUT2D eigenvalue weighted by Gasteiger charge is -2.25. The zero-order valence-corrected chi connectivity index (χ0v) is 49.1. The number of carbonyl (C=O) groups is 1. The summed E-state index contributed by atoms with van der Waals surface area (Å²) >= 11 is 0. The number of aliphatic hydroxyl groups is 1. The predicted molar refractivity (Wildman–Crippen MR) is 327 cm³/mol. The van der Waals surface area contributed by atoms with Crippen molar-refractivity contribution in [2.75, 3.05) is 40.9 Å². The molecular weight excluding hydrogens is 948 g/mol. The Bertz CT molecular complexity index is 1770. The second-order valence-electron chi connectivity index (χ2n) is 20.3. The highest BCUT2D eigenvalue weighted by Crippen LogP contribution is 2.43. The van der Waals surface area contributed by atoms with Crippen LogP contribution < -0.4 is 5.32 Å². The molecule has 0 heterocycles. The van der Waals surface area contributed by atoms with E-state index in [0.29, 0.717) is 23.9 Å². The summed E-state index contributed by atoms with van der Waals surface area (Å²) < 4.78 is 23.6. The molecule has 0 bridgehead atoms. The first kappa shape index (κ1) is 71.1. The number of aliphatic hydroxyl groups excluding tert-OH is 1. The van der Waals surface area contributed by atoms with Crippen molar-refractivity contribution >= 4 is 13.7 Å². The molecule has 1 amide bonds. The number of phosphoric ester groups is 1. The molecule has 0 aliphatic rings. The van der Waals surface area contributed by atoms with Gasteiger partial charge in [-0.25, -0.2) is 4.57 Å². The smallest absolute Gasteiger partial charge is 0.387 e. The Kier molecular flexibility index (Phi) is 52.1. The van der Waals surface area contributed by atoms with Crippen molar-refractivity contribution in [2.45, 2.75) is 212 Å². The van der Waals surface area contributed by atoms with Crippen molar-refractivity contribution in [1.82, 2.24) is 5.32 Å². The minimum Gasteiger partial charge on any atom is -0.387 e. The first-order chi connectivity index (χ1) is 36.5. The van der Waals surface area contributed by atoms with Crippen LogP contribution in [0.15, 0.2) is 158 Å². The van der Waals surface area contributed by atoms with Gasteiger partial charge in [0.25, 0.3) is 0 Å². The van der Waals surface area contributed by atoms with E-state index in [0.717, 1.165) is 109 Å². The number of rotatable bonds is 51. The van der Waals surface area contributed by atoms with E-state index in [1.54, 1.807) is 6.08 Å². The molecule has 424 valence electrons. The number of amides is 1. The van der Waals surface area contributed by atoms with Crippen LogP contribution in [0.1, 0.15) is 200 Å². The fourth-order valence-electron chi connectivity index (χ4n) is 7.41. The molecule has 0 aromatic heterocycles. The summed E-state index contributed by atoms with van der Waals surface area (Å²) in [4.78, 5) is 23.3. The Balaban J connectivity index is 4.31. The van der Waals surface area contributed by atoms with E-state index >= 15 is 0 Å². The van der Waals surface area contributed by atoms with Crippen molar-refractivity contribution < 1.29 is 32.9 Å². The fourth-order valence-corrected chi connectivity index (χ4v) is 8.15. The summed E-state index contributed by atoms with van der Waals surface area (Å²) in [6.45, 7) is 4.63. The van der Waals surface area contributed by atoms with E-state index in [1.807, 2.05) is 27.2 Å². The minimum absolute atomic E-state index is 0.0405. The number of allylic oxidation sites excluding steroid dienone is 25. The Morgan fingerprint density at radius 2 is 0.813 bits per heavy atom. The molecule has 3 atom stereocenters. The molecule has 0 aliphatic heterocycles. The zero-order chi connectivity index (χ0) is 54.9. The molecule has 0 rings (SSSR count). The van der Waals surface area contributed by atoms with Gasteiger partial charge < -0.3 is 19.8 Å². The van der Waals surface area contributed by atoms with Gasteiger partial charge in [-0.1, -0.05) is 236 Å². The number of carbonyl (C=O) groups excluding carboxylic acids is 1. The molecule has 75 heavy (non-hydrogen) atoms. The normalized spacial score (nSPS) is 15.0. The summed E-state index contributed by atoms with van der Waals surface area (Å²) in [5, 5.41) is 13.9. The Labute approximate surface area is 461 Å². The molecule has 0 saturated heterocycles. The van der Waals surface area contributed by atoms with Gasteiger partial charge in [-0.2, -0.15) is 0 Å². The standard InChI is InChI=1S/C66H109N2O6P/c1-6-8-10-12-14-16-18-20-22-24-25-26-27-28-29-30-31-32-33-34-35-36-37-38-39-40-41-42-43-44-46-48-50-52-54-56-58-60-66(70)67-64(63-74-75(71,72)73-62-61-68(3,4)5)65(69)59-57-55-53-51-49-47-45-23-21-19-17-15-13-11-9-7-2/h8,10,14,16,20,22,25-26,28-29,31-32,34-35,37-38,40-41,43-44,48-51,57,59,64-65,69H,6-7,9,11-13,15,17-19,21,23-24,27,30,33,36,39,42,45-47,52-56,58,60-63H2,1-5H3,(H-,67,70,71,72)/p+1/b10-8-,16-14-,22-20-,26-25-,29-28-,32-31-,35-34-,38-37-,41-40-,44-43-,50-48-,51-49+,59-57+. The van der Waals surface area contributed by atoms with Gasteiger partial charge in [0.1, 0.15) is 13.2 Å². The van der Waals surface area contributed by atoms with E-state index < -0.39 is 20.0 Å². The zero-order valence-electron chi connectivity index (χ0n) is 48.2.